The van der Waals surface area contributed by atoms with Gasteiger partial charge in [-0.05, 0) is 55.2 Å². The third-order valence-corrected chi connectivity index (χ3v) is 4.37. The van der Waals surface area contributed by atoms with E-state index < -0.39 is 0 Å². The normalized spacial score (nSPS) is 12.4. The number of hydrogen-bond donors (Lipinski definition) is 1. The highest BCUT2D eigenvalue weighted by atomic mass is 32.2. The Balaban J connectivity index is 2.15. The summed E-state index contributed by atoms with van der Waals surface area (Å²) in [4.78, 5) is 1.12. The summed E-state index contributed by atoms with van der Waals surface area (Å²) in [7, 11) is 0. The molecule has 106 valence electrons. The first-order valence-corrected chi connectivity index (χ1v) is 7.76. The highest BCUT2D eigenvalue weighted by Crippen LogP contribution is 2.28. The first-order chi connectivity index (χ1) is 9.56. The molecule has 0 saturated carbocycles. The first-order valence-electron chi connectivity index (χ1n) is 6.77. The number of rotatable bonds is 5. The number of thioether (sulfide) groups is 1. The molecule has 0 aliphatic carbocycles. The smallest absolute Gasteiger partial charge is 0.123 e. The van der Waals surface area contributed by atoms with E-state index in [2.05, 4.69) is 25.1 Å². The highest BCUT2D eigenvalue weighted by Gasteiger charge is 2.08. The van der Waals surface area contributed by atoms with Crippen LogP contribution in [0, 0.1) is 12.7 Å². The van der Waals surface area contributed by atoms with Crippen LogP contribution in [0.1, 0.15) is 23.6 Å². The molecule has 0 aliphatic heterocycles. The van der Waals surface area contributed by atoms with E-state index in [0.29, 0.717) is 6.42 Å². The maximum absolute atomic E-state index is 13.4. The van der Waals surface area contributed by atoms with E-state index >= 15 is 0 Å². The summed E-state index contributed by atoms with van der Waals surface area (Å²) in [5.41, 5.74) is 9.44. The highest BCUT2D eigenvalue weighted by molar-refractivity contribution is 7.98. The molecule has 0 heterocycles. The van der Waals surface area contributed by atoms with Gasteiger partial charge in [-0.15, -0.1) is 11.8 Å². The predicted octanol–water partition coefficient (Wildman–Crippen LogP) is 4.32. The zero-order chi connectivity index (χ0) is 14.5. The van der Waals surface area contributed by atoms with E-state index in [4.69, 9.17) is 5.73 Å². The Kier molecular flexibility index (Phi) is 5.21. The molecule has 2 rings (SSSR count). The van der Waals surface area contributed by atoms with Gasteiger partial charge in [-0.3, -0.25) is 0 Å². The van der Waals surface area contributed by atoms with Gasteiger partial charge >= 0.3 is 0 Å². The number of aryl methyl sites for hydroxylation is 1. The summed E-state index contributed by atoms with van der Waals surface area (Å²) >= 11 is 1.74. The van der Waals surface area contributed by atoms with Crippen LogP contribution < -0.4 is 5.73 Å². The minimum Gasteiger partial charge on any atom is -0.328 e. The van der Waals surface area contributed by atoms with Crippen molar-refractivity contribution in [3.05, 3.63) is 65.0 Å². The molecule has 1 nitrogen and oxygen atoms in total. The van der Waals surface area contributed by atoms with Gasteiger partial charge in [0.05, 0.1) is 0 Å². The van der Waals surface area contributed by atoms with Gasteiger partial charge in [0.25, 0.3) is 0 Å². The molecule has 0 bridgehead atoms. The average molecular weight is 289 g/mol. The Morgan fingerprint density at radius 3 is 2.60 bits per heavy atom. The minimum absolute atomic E-state index is 0.0367. The summed E-state index contributed by atoms with van der Waals surface area (Å²) < 4.78 is 13.4. The van der Waals surface area contributed by atoms with E-state index in [0.717, 1.165) is 16.2 Å². The van der Waals surface area contributed by atoms with E-state index in [1.807, 2.05) is 19.1 Å². The molecule has 2 aromatic rings. The van der Waals surface area contributed by atoms with Crippen molar-refractivity contribution >= 4 is 11.8 Å². The van der Waals surface area contributed by atoms with E-state index in [-0.39, 0.29) is 11.9 Å². The molecule has 1 unspecified atom stereocenters. The zero-order valence-electron chi connectivity index (χ0n) is 11.9. The van der Waals surface area contributed by atoms with Crippen LogP contribution in [0.3, 0.4) is 0 Å². The molecule has 3 heteroatoms. The van der Waals surface area contributed by atoms with Crippen LogP contribution in [0.4, 0.5) is 4.39 Å². The molecule has 0 aliphatic rings. The summed E-state index contributed by atoms with van der Waals surface area (Å²) in [6.45, 7) is 4.06. The van der Waals surface area contributed by atoms with Crippen molar-refractivity contribution in [2.24, 2.45) is 5.73 Å². The fourth-order valence-corrected chi connectivity index (χ4v) is 3.25. The fraction of sp³-hybridized carbons (Fsp3) is 0.294. The third kappa shape index (κ3) is 4.09. The molecule has 0 saturated heterocycles. The van der Waals surface area contributed by atoms with E-state index in [1.54, 1.807) is 17.8 Å². The molecule has 0 spiro atoms. The van der Waals surface area contributed by atoms with Crippen molar-refractivity contribution in [1.82, 2.24) is 0 Å². The number of halogens is 1. The van der Waals surface area contributed by atoms with Crippen molar-refractivity contribution < 1.29 is 4.39 Å². The molecular formula is C17H20FNS. The van der Waals surface area contributed by atoms with Gasteiger partial charge in [-0.1, -0.05) is 24.3 Å². The molecule has 0 fully saturated rings. The van der Waals surface area contributed by atoms with Crippen LogP contribution in [0.5, 0.6) is 0 Å². The molecule has 2 N–H and O–H groups in total. The molecule has 1 atom stereocenters. The lowest BCUT2D eigenvalue weighted by molar-refractivity contribution is 0.620. The zero-order valence-corrected chi connectivity index (χ0v) is 12.7. The number of nitrogens with two attached hydrogens (primary N) is 1. The second-order valence-corrected chi connectivity index (χ2v) is 6.17. The monoisotopic (exact) mass is 289 g/mol. The van der Waals surface area contributed by atoms with Crippen LogP contribution in [-0.2, 0) is 12.2 Å². The SMILES string of the molecule is Cc1ccccc1CSc1ccc(F)cc1CC(C)N. The molecule has 20 heavy (non-hydrogen) atoms. The van der Waals surface area contributed by atoms with Crippen LogP contribution in [0.2, 0.25) is 0 Å². The topological polar surface area (TPSA) is 26.0 Å². The van der Waals surface area contributed by atoms with Crippen molar-refractivity contribution in [2.75, 3.05) is 0 Å². The Morgan fingerprint density at radius 1 is 1.15 bits per heavy atom. The van der Waals surface area contributed by atoms with Crippen LogP contribution >= 0.6 is 11.8 Å². The largest absolute Gasteiger partial charge is 0.328 e. The van der Waals surface area contributed by atoms with Gasteiger partial charge in [0.2, 0.25) is 0 Å². The van der Waals surface area contributed by atoms with Gasteiger partial charge < -0.3 is 5.73 Å². The van der Waals surface area contributed by atoms with Gasteiger partial charge in [-0.2, -0.15) is 0 Å². The summed E-state index contributed by atoms with van der Waals surface area (Å²) in [5, 5.41) is 0. The third-order valence-electron chi connectivity index (χ3n) is 3.21. The van der Waals surface area contributed by atoms with Gasteiger partial charge in [-0.25, -0.2) is 4.39 Å². The second-order valence-electron chi connectivity index (χ2n) is 5.15. The second kappa shape index (κ2) is 6.91. The Morgan fingerprint density at radius 2 is 1.90 bits per heavy atom. The van der Waals surface area contributed by atoms with Gasteiger partial charge in [0, 0.05) is 16.7 Å². The van der Waals surface area contributed by atoms with E-state index in [1.165, 1.54) is 17.2 Å². The standard InChI is InChI=1S/C17H20FNS/c1-12-5-3-4-6-14(12)11-20-17-8-7-16(18)10-15(17)9-13(2)19/h3-8,10,13H,9,11,19H2,1-2H3. The van der Waals surface area contributed by atoms with E-state index in [9.17, 15) is 4.39 Å². The Hall–Kier alpha value is -1.32. The molecule has 0 aromatic heterocycles. The van der Waals surface area contributed by atoms with Crippen molar-refractivity contribution in [1.29, 1.82) is 0 Å². The van der Waals surface area contributed by atoms with Crippen LogP contribution in [0.15, 0.2) is 47.4 Å². The van der Waals surface area contributed by atoms with Crippen molar-refractivity contribution in [3.8, 4) is 0 Å². The summed E-state index contributed by atoms with van der Waals surface area (Å²) in [6.07, 6.45) is 0.702. The average Bonchev–Trinajstić information content (AvgIpc) is 2.39. The van der Waals surface area contributed by atoms with Crippen molar-refractivity contribution in [2.45, 2.75) is 37.0 Å². The predicted molar refractivity (Wildman–Crippen MR) is 84.5 cm³/mol. The van der Waals surface area contributed by atoms with Crippen LogP contribution in [-0.4, -0.2) is 6.04 Å². The maximum atomic E-state index is 13.4. The van der Waals surface area contributed by atoms with Crippen LogP contribution in [0.25, 0.3) is 0 Å². The Labute approximate surface area is 124 Å². The Bertz CT molecular complexity index is 581. The number of benzene rings is 2. The molecule has 0 radical (unpaired) electrons. The molecule has 0 amide bonds. The summed E-state index contributed by atoms with van der Waals surface area (Å²) in [6, 6.07) is 13.4. The minimum atomic E-state index is -0.194. The fourth-order valence-electron chi connectivity index (χ4n) is 2.12. The van der Waals surface area contributed by atoms with Gasteiger partial charge in [0.15, 0.2) is 0 Å². The first kappa shape index (κ1) is 15.1. The summed E-state index contributed by atoms with van der Waals surface area (Å²) in [5.74, 6) is 0.699. The lowest BCUT2D eigenvalue weighted by Gasteiger charge is -2.12. The van der Waals surface area contributed by atoms with Gasteiger partial charge in [0.1, 0.15) is 5.82 Å². The lowest BCUT2D eigenvalue weighted by Crippen LogP contribution is -2.18. The number of hydrogen-bond acceptors (Lipinski definition) is 2. The lowest BCUT2D eigenvalue weighted by atomic mass is 10.1. The molecule has 2 aromatic carbocycles. The maximum Gasteiger partial charge on any atom is 0.123 e. The van der Waals surface area contributed by atoms with Crippen molar-refractivity contribution in [3.63, 3.8) is 0 Å². The quantitative estimate of drug-likeness (QED) is 0.830. The molecular weight excluding hydrogens is 269 g/mol.